The van der Waals surface area contributed by atoms with Crippen molar-refractivity contribution in [3.05, 3.63) is 0 Å². The number of unbranched alkanes of at least 4 members (excludes halogenated alkanes) is 6. The smallest absolute Gasteiger partial charge is 0.138 e. The highest BCUT2D eigenvalue weighted by Crippen LogP contribution is 2.07. The van der Waals surface area contributed by atoms with Gasteiger partial charge in [0.05, 0.1) is 0 Å². The Morgan fingerprint density at radius 2 is 1.23 bits per heavy atom. The number of nitrogens with zero attached hydrogens (tertiary/aromatic N) is 3. The Labute approximate surface area is 190 Å². The first-order valence-electron chi connectivity index (χ1n) is 12.9. The van der Waals surface area contributed by atoms with Crippen LogP contribution in [0.4, 0.5) is 0 Å². The van der Waals surface area contributed by atoms with Crippen LogP contribution >= 0.6 is 0 Å². The summed E-state index contributed by atoms with van der Waals surface area (Å²) in [7, 11) is 0.710. The molecule has 0 aliphatic carbocycles. The van der Waals surface area contributed by atoms with Crippen LogP contribution in [-0.4, -0.2) is 102 Å². The molecule has 0 spiro atoms. The standard InChI is InChI=1S/C24H51N3O2Si/c1-5-9-11-13-15-25(16-14-12-10-6-2)17-18-26-19-21-27(22-20-26)23-30-24(28-7-3)29-8-4/h24H,5-23H2,1-4H3. The van der Waals surface area contributed by atoms with Gasteiger partial charge in [0.1, 0.15) is 15.4 Å². The highest BCUT2D eigenvalue weighted by Gasteiger charge is 2.19. The number of rotatable bonds is 20. The first-order chi connectivity index (χ1) is 14.7. The maximum Gasteiger partial charge on any atom is 0.138 e. The molecule has 0 amide bonds. The fourth-order valence-electron chi connectivity index (χ4n) is 3.99. The highest BCUT2D eigenvalue weighted by atomic mass is 28.2. The lowest BCUT2D eigenvalue weighted by Crippen LogP contribution is -2.50. The van der Waals surface area contributed by atoms with Crippen molar-refractivity contribution >= 4 is 9.52 Å². The van der Waals surface area contributed by atoms with E-state index < -0.39 is 0 Å². The van der Waals surface area contributed by atoms with Gasteiger partial charge in [0.2, 0.25) is 0 Å². The van der Waals surface area contributed by atoms with E-state index in [1.165, 1.54) is 104 Å². The van der Waals surface area contributed by atoms with Gasteiger partial charge in [-0.05, 0) is 45.9 Å². The Balaban J connectivity index is 2.25. The molecule has 0 unspecified atom stereocenters. The van der Waals surface area contributed by atoms with Crippen molar-refractivity contribution in [1.29, 1.82) is 0 Å². The molecule has 1 aliphatic rings. The van der Waals surface area contributed by atoms with Crippen molar-refractivity contribution in [2.75, 3.05) is 71.7 Å². The predicted octanol–water partition coefficient (Wildman–Crippen LogP) is 4.08. The summed E-state index contributed by atoms with van der Waals surface area (Å²) in [6.07, 6.45) is 12.1. The summed E-state index contributed by atoms with van der Waals surface area (Å²) in [5.41, 5.74) is 0. The van der Waals surface area contributed by atoms with Crippen molar-refractivity contribution in [3.63, 3.8) is 0 Å². The second kappa shape index (κ2) is 19.7. The molecule has 1 heterocycles. The van der Waals surface area contributed by atoms with Gasteiger partial charge in [-0.25, -0.2) is 0 Å². The molecule has 1 aliphatic heterocycles. The zero-order chi connectivity index (χ0) is 21.9. The maximum absolute atomic E-state index is 5.70. The van der Waals surface area contributed by atoms with Gasteiger partial charge in [-0.15, -0.1) is 0 Å². The second-order valence-electron chi connectivity index (χ2n) is 8.53. The molecule has 6 heteroatoms. The molecule has 30 heavy (non-hydrogen) atoms. The van der Waals surface area contributed by atoms with E-state index in [4.69, 9.17) is 9.47 Å². The second-order valence-corrected chi connectivity index (χ2v) is 9.72. The van der Waals surface area contributed by atoms with Gasteiger partial charge in [-0.2, -0.15) is 0 Å². The number of ether oxygens (including phenoxy) is 2. The summed E-state index contributed by atoms with van der Waals surface area (Å²) >= 11 is 0. The van der Waals surface area contributed by atoms with Gasteiger partial charge in [0.15, 0.2) is 0 Å². The SMILES string of the molecule is CCCCCCN(CCCCCC)CCN1CCN(C[Si]C(OCC)OCC)CC1. The Morgan fingerprint density at radius 1 is 0.700 bits per heavy atom. The number of hydrogen-bond donors (Lipinski definition) is 0. The minimum Gasteiger partial charge on any atom is -0.357 e. The summed E-state index contributed by atoms with van der Waals surface area (Å²) < 4.78 is 11.4. The molecule has 1 rings (SSSR count). The van der Waals surface area contributed by atoms with Gasteiger partial charge in [-0.3, -0.25) is 4.90 Å². The molecule has 0 N–H and O–H groups in total. The third-order valence-corrected chi connectivity index (χ3v) is 7.27. The van der Waals surface area contributed by atoms with Crippen LogP contribution in [0.5, 0.6) is 0 Å². The lowest BCUT2D eigenvalue weighted by molar-refractivity contribution is -0.0835. The van der Waals surface area contributed by atoms with Crippen LogP contribution < -0.4 is 0 Å². The van der Waals surface area contributed by atoms with E-state index in [9.17, 15) is 0 Å². The molecule has 1 fully saturated rings. The fourth-order valence-corrected chi connectivity index (χ4v) is 5.28. The molecule has 0 aromatic rings. The van der Waals surface area contributed by atoms with Gasteiger partial charge in [0.25, 0.3) is 0 Å². The molecule has 1 saturated heterocycles. The molecule has 5 nitrogen and oxygen atoms in total. The Kier molecular flexibility index (Phi) is 18.4. The largest absolute Gasteiger partial charge is 0.357 e. The summed E-state index contributed by atoms with van der Waals surface area (Å²) in [6, 6.07) is 0. The molecule has 0 aromatic heterocycles. The van der Waals surface area contributed by atoms with E-state index in [0.717, 1.165) is 19.4 Å². The summed E-state index contributed by atoms with van der Waals surface area (Å²) in [5, 5.41) is 0. The Bertz CT molecular complexity index is 350. The van der Waals surface area contributed by atoms with E-state index in [1.807, 2.05) is 13.8 Å². The molecular weight excluding hydrogens is 390 g/mol. The monoisotopic (exact) mass is 441 g/mol. The van der Waals surface area contributed by atoms with Crippen LogP contribution in [0.25, 0.3) is 0 Å². The third-order valence-electron chi connectivity index (χ3n) is 5.97. The summed E-state index contributed by atoms with van der Waals surface area (Å²) in [4.78, 5) is 8.01. The van der Waals surface area contributed by atoms with E-state index in [0.29, 0.717) is 9.52 Å². The zero-order valence-electron chi connectivity index (χ0n) is 20.7. The van der Waals surface area contributed by atoms with E-state index in [2.05, 4.69) is 28.5 Å². The highest BCUT2D eigenvalue weighted by molar-refractivity contribution is 6.36. The molecule has 0 saturated carbocycles. The Hall–Kier alpha value is 0.0169. The normalized spacial score (nSPS) is 16.2. The number of piperazine rings is 1. The molecular formula is C24H51N3O2Si. The lowest BCUT2D eigenvalue weighted by Gasteiger charge is -2.36. The topological polar surface area (TPSA) is 28.2 Å². The van der Waals surface area contributed by atoms with E-state index in [-0.39, 0.29) is 5.91 Å². The number of hydrogen-bond acceptors (Lipinski definition) is 5. The van der Waals surface area contributed by atoms with Crippen molar-refractivity contribution in [3.8, 4) is 0 Å². The fraction of sp³-hybridized carbons (Fsp3) is 1.00. The quantitative estimate of drug-likeness (QED) is 0.161. The van der Waals surface area contributed by atoms with Crippen molar-refractivity contribution in [1.82, 2.24) is 14.7 Å². The molecule has 2 radical (unpaired) electrons. The van der Waals surface area contributed by atoms with Gasteiger partial charge >= 0.3 is 0 Å². The maximum atomic E-state index is 5.70. The van der Waals surface area contributed by atoms with Gasteiger partial charge < -0.3 is 19.3 Å². The van der Waals surface area contributed by atoms with Gasteiger partial charge in [0, 0.05) is 52.5 Å². The minimum atomic E-state index is -0.00740. The average molecular weight is 442 g/mol. The Morgan fingerprint density at radius 3 is 1.73 bits per heavy atom. The van der Waals surface area contributed by atoms with Gasteiger partial charge in [-0.1, -0.05) is 52.4 Å². The third kappa shape index (κ3) is 14.1. The van der Waals surface area contributed by atoms with Crippen LogP contribution in [-0.2, 0) is 9.47 Å². The van der Waals surface area contributed by atoms with Crippen LogP contribution in [0.15, 0.2) is 0 Å². The molecule has 178 valence electrons. The zero-order valence-corrected chi connectivity index (χ0v) is 21.7. The van der Waals surface area contributed by atoms with E-state index >= 15 is 0 Å². The average Bonchev–Trinajstić information content (AvgIpc) is 2.76. The van der Waals surface area contributed by atoms with Crippen LogP contribution in [0, 0.1) is 0 Å². The lowest BCUT2D eigenvalue weighted by atomic mass is 10.1. The molecule has 0 aromatic carbocycles. The van der Waals surface area contributed by atoms with E-state index in [1.54, 1.807) is 0 Å². The summed E-state index contributed by atoms with van der Waals surface area (Å²) in [5.74, 6) is -0.00740. The van der Waals surface area contributed by atoms with Crippen molar-refractivity contribution < 1.29 is 9.47 Å². The van der Waals surface area contributed by atoms with Crippen LogP contribution in [0.2, 0.25) is 0 Å². The molecule has 0 atom stereocenters. The first kappa shape index (κ1) is 28.1. The molecule has 0 bridgehead atoms. The van der Waals surface area contributed by atoms with Crippen LogP contribution in [0.1, 0.15) is 79.1 Å². The van der Waals surface area contributed by atoms with Crippen molar-refractivity contribution in [2.24, 2.45) is 0 Å². The predicted molar refractivity (Wildman–Crippen MR) is 130 cm³/mol. The van der Waals surface area contributed by atoms with Crippen molar-refractivity contribution in [2.45, 2.75) is 85.0 Å². The van der Waals surface area contributed by atoms with Crippen LogP contribution in [0.3, 0.4) is 0 Å². The minimum absolute atomic E-state index is 0.00740. The first-order valence-corrected chi connectivity index (χ1v) is 14.1. The summed E-state index contributed by atoms with van der Waals surface area (Å²) in [6.45, 7) is 20.0.